The smallest absolute Gasteiger partial charge is 0.412 e. The van der Waals surface area contributed by atoms with E-state index in [2.05, 4.69) is 11.9 Å². The summed E-state index contributed by atoms with van der Waals surface area (Å²) in [5.74, 6) is 0. The molecule has 0 fully saturated rings. The Morgan fingerprint density at radius 2 is 2.00 bits per heavy atom. The van der Waals surface area contributed by atoms with E-state index in [1.165, 1.54) is 0 Å². The van der Waals surface area contributed by atoms with Crippen molar-refractivity contribution in [2.45, 2.75) is 32.8 Å². The fourth-order valence-corrected chi connectivity index (χ4v) is 1.62. The first-order valence-corrected chi connectivity index (χ1v) is 6.31. The number of carbonyl (C=O) groups excluding carboxylic acids is 1. The molecule has 0 bridgehead atoms. The number of hydrogen-bond donors (Lipinski definition) is 2. The molecule has 3 N–H and O–H groups in total. The van der Waals surface area contributed by atoms with E-state index in [4.69, 9.17) is 10.5 Å². The second-order valence-corrected chi connectivity index (χ2v) is 5.31. The number of amides is 1. The summed E-state index contributed by atoms with van der Waals surface area (Å²) >= 11 is 0. The lowest BCUT2D eigenvalue weighted by Crippen LogP contribution is -2.27. The highest BCUT2D eigenvalue weighted by Crippen LogP contribution is 2.25. The van der Waals surface area contributed by atoms with E-state index in [9.17, 15) is 4.79 Å². The highest BCUT2D eigenvalue weighted by atomic mass is 16.6. The number of nitrogens with two attached hydrogens (primary N) is 1. The molecule has 0 spiro atoms. The third kappa shape index (κ3) is 5.14. The van der Waals surface area contributed by atoms with Gasteiger partial charge in [-0.05, 0) is 45.4 Å². The van der Waals surface area contributed by atoms with Crippen LogP contribution in [0.3, 0.4) is 0 Å². The Bertz CT molecular complexity index is 461. The van der Waals surface area contributed by atoms with Gasteiger partial charge in [-0.25, -0.2) is 4.79 Å². The summed E-state index contributed by atoms with van der Waals surface area (Å²) in [6, 6.07) is 7.48. The van der Waals surface area contributed by atoms with Crippen LogP contribution in [-0.2, 0) is 4.74 Å². The zero-order valence-electron chi connectivity index (χ0n) is 11.8. The average molecular weight is 262 g/mol. The maximum atomic E-state index is 11.8. The first kappa shape index (κ1) is 15.2. The third-order valence-electron chi connectivity index (χ3n) is 2.39. The molecule has 0 unspecified atom stereocenters. The molecule has 1 rings (SSSR count). The predicted molar refractivity (Wildman–Crippen MR) is 79.0 cm³/mol. The van der Waals surface area contributed by atoms with E-state index in [-0.39, 0.29) is 0 Å². The molecule has 1 aromatic rings. The van der Waals surface area contributed by atoms with Gasteiger partial charge < -0.3 is 10.5 Å². The lowest BCUT2D eigenvalue weighted by molar-refractivity contribution is 0.0636. The molecule has 4 heteroatoms. The maximum absolute atomic E-state index is 11.8. The van der Waals surface area contributed by atoms with Gasteiger partial charge in [0.1, 0.15) is 5.60 Å². The van der Waals surface area contributed by atoms with Gasteiger partial charge in [0.25, 0.3) is 0 Å². The molecule has 0 aliphatic rings. The lowest BCUT2D eigenvalue weighted by atomic mass is 10.0. The Morgan fingerprint density at radius 1 is 1.37 bits per heavy atom. The SMILES string of the molecule is C=C(CCN)c1ccccc1NC(=O)OC(C)(C)C. The Morgan fingerprint density at radius 3 is 2.58 bits per heavy atom. The number of anilines is 1. The molecule has 19 heavy (non-hydrogen) atoms. The summed E-state index contributed by atoms with van der Waals surface area (Å²) < 4.78 is 5.23. The summed E-state index contributed by atoms with van der Waals surface area (Å²) in [6.07, 6.45) is 0.216. The Balaban J connectivity index is 2.84. The van der Waals surface area contributed by atoms with Gasteiger partial charge in [-0.2, -0.15) is 0 Å². The van der Waals surface area contributed by atoms with Gasteiger partial charge in [-0.1, -0.05) is 24.8 Å². The first-order chi connectivity index (χ1) is 8.83. The topological polar surface area (TPSA) is 64.3 Å². The maximum Gasteiger partial charge on any atom is 0.412 e. The van der Waals surface area contributed by atoms with Crippen molar-refractivity contribution >= 4 is 17.4 Å². The van der Waals surface area contributed by atoms with E-state index in [1.807, 2.05) is 45.0 Å². The minimum Gasteiger partial charge on any atom is -0.444 e. The van der Waals surface area contributed by atoms with Crippen molar-refractivity contribution in [3.8, 4) is 0 Å². The normalized spacial score (nSPS) is 10.9. The quantitative estimate of drug-likeness (QED) is 0.874. The third-order valence-corrected chi connectivity index (χ3v) is 2.39. The lowest BCUT2D eigenvalue weighted by Gasteiger charge is -2.20. The van der Waals surface area contributed by atoms with E-state index >= 15 is 0 Å². The van der Waals surface area contributed by atoms with Gasteiger partial charge in [0, 0.05) is 5.56 Å². The first-order valence-electron chi connectivity index (χ1n) is 6.31. The van der Waals surface area contributed by atoms with Gasteiger partial charge in [0.2, 0.25) is 0 Å². The van der Waals surface area contributed by atoms with Crippen LogP contribution >= 0.6 is 0 Å². The van der Waals surface area contributed by atoms with Crippen molar-refractivity contribution in [1.29, 1.82) is 0 Å². The minimum absolute atomic E-state index is 0.472. The molecule has 0 atom stereocenters. The Hall–Kier alpha value is -1.81. The summed E-state index contributed by atoms with van der Waals surface area (Å²) in [7, 11) is 0. The number of nitrogens with one attached hydrogen (secondary N) is 1. The molecule has 1 aromatic carbocycles. The number of hydrogen-bond acceptors (Lipinski definition) is 3. The van der Waals surface area contributed by atoms with Crippen molar-refractivity contribution in [2.75, 3.05) is 11.9 Å². The van der Waals surface area contributed by atoms with Crippen LogP contribution < -0.4 is 11.1 Å². The van der Waals surface area contributed by atoms with Crippen LogP contribution in [0, 0.1) is 0 Å². The van der Waals surface area contributed by atoms with Crippen molar-refractivity contribution in [1.82, 2.24) is 0 Å². The summed E-state index contributed by atoms with van der Waals surface area (Å²) in [4.78, 5) is 11.8. The van der Waals surface area contributed by atoms with Crippen LogP contribution in [0.25, 0.3) is 5.57 Å². The van der Waals surface area contributed by atoms with E-state index in [0.717, 1.165) is 11.1 Å². The van der Waals surface area contributed by atoms with Gasteiger partial charge in [-0.15, -0.1) is 0 Å². The van der Waals surface area contributed by atoms with Crippen LogP contribution in [0.5, 0.6) is 0 Å². The number of benzene rings is 1. The molecule has 0 aromatic heterocycles. The average Bonchev–Trinajstić information content (AvgIpc) is 2.27. The number of ether oxygens (including phenoxy) is 1. The van der Waals surface area contributed by atoms with E-state index < -0.39 is 11.7 Å². The molecule has 0 saturated heterocycles. The highest BCUT2D eigenvalue weighted by molar-refractivity contribution is 5.89. The van der Waals surface area contributed by atoms with Crippen LogP contribution in [0.2, 0.25) is 0 Å². The summed E-state index contributed by atoms with van der Waals surface area (Å²) in [6.45, 7) is 9.99. The van der Waals surface area contributed by atoms with Gasteiger partial charge in [-0.3, -0.25) is 5.32 Å². The van der Waals surface area contributed by atoms with Crippen LogP contribution in [0.15, 0.2) is 30.8 Å². The van der Waals surface area contributed by atoms with E-state index in [0.29, 0.717) is 18.7 Å². The Labute approximate surface area is 114 Å². The van der Waals surface area contributed by atoms with Crippen LogP contribution in [0.4, 0.5) is 10.5 Å². The zero-order valence-corrected chi connectivity index (χ0v) is 11.8. The molecule has 0 aliphatic heterocycles. The standard InChI is InChI=1S/C15H22N2O2/c1-11(9-10-16)12-7-5-6-8-13(12)17-14(18)19-15(2,3)4/h5-8H,1,9-10,16H2,2-4H3,(H,17,18). The fraction of sp³-hybridized carbons (Fsp3) is 0.400. The molecular weight excluding hydrogens is 240 g/mol. The molecule has 104 valence electrons. The molecule has 1 amide bonds. The molecule has 0 radical (unpaired) electrons. The van der Waals surface area contributed by atoms with Gasteiger partial charge in [0.15, 0.2) is 0 Å². The van der Waals surface area contributed by atoms with Crippen molar-refractivity contribution in [2.24, 2.45) is 5.73 Å². The van der Waals surface area contributed by atoms with Crippen molar-refractivity contribution in [3.05, 3.63) is 36.4 Å². The molecular formula is C15H22N2O2. The summed E-state index contributed by atoms with van der Waals surface area (Å²) in [5.41, 5.74) is 7.48. The predicted octanol–water partition coefficient (Wildman–Crippen LogP) is 3.40. The summed E-state index contributed by atoms with van der Waals surface area (Å²) in [5, 5.41) is 2.74. The van der Waals surface area contributed by atoms with Gasteiger partial charge in [0.05, 0.1) is 5.69 Å². The number of rotatable bonds is 4. The monoisotopic (exact) mass is 262 g/mol. The number of carbonyl (C=O) groups is 1. The molecule has 0 heterocycles. The molecule has 0 saturated carbocycles. The minimum atomic E-state index is -0.521. The van der Waals surface area contributed by atoms with Crippen LogP contribution in [-0.4, -0.2) is 18.2 Å². The second kappa shape index (κ2) is 6.38. The fourth-order valence-electron chi connectivity index (χ4n) is 1.62. The largest absolute Gasteiger partial charge is 0.444 e. The van der Waals surface area contributed by atoms with Crippen molar-refractivity contribution in [3.63, 3.8) is 0 Å². The van der Waals surface area contributed by atoms with E-state index in [1.54, 1.807) is 0 Å². The van der Waals surface area contributed by atoms with Gasteiger partial charge >= 0.3 is 6.09 Å². The zero-order chi connectivity index (χ0) is 14.5. The molecule has 4 nitrogen and oxygen atoms in total. The van der Waals surface area contributed by atoms with Crippen molar-refractivity contribution < 1.29 is 9.53 Å². The second-order valence-electron chi connectivity index (χ2n) is 5.31. The Kier molecular flexibility index (Phi) is 5.12. The van der Waals surface area contributed by atoms with Crippen LogP contribution in [0.1, 0.15) is 32.8 Å². The molecule has 0 aliphatic carbocycles. The highest BCUT2D eigenvalue weighted by Gasteiger charge is 2.17. The number of para-hydroxylation sites is 1.